The number of nitrogens with zero attached hydrogens (tertiary/aromatic N) is 1. The van der Waals surface area contributed by atoms with Gasteiger partial charge >= 0.3 is 5.97 Å². The molecule has 0 aromatic carbocycles. The van der Waals surface area contributed by atoms with Gasteiger partial charge in [0.2, 0.25) is 5.91 Å². The van der Waals surface area contributed by atoms with Crippen molar-refractivity contribution in [1.29, 1.82) is 0 Å². The van der Waals surface area contributed by atoms with E-state index in [9.17, 15) is 14.7 Å². The monoisotopic (exact) mass is 257 g/mol. The fourth-order valence-electron chi connectivity index (χ4n) is 2.60. The molecule has 0 bridgehead atoms. The number of β-amino-alcohol motifs (C(OH)–C–C–N with tert-alkyl or cyclic N) is 1. The molecule has 1 unspecified atom stereocenters. The van der Waals surface area contributed by atoms with Crippen LogP contribution in [0.15, 0.2) is 0 Å². The van der Waals surface area contributed by atoms with Gasteiger partial charge in [-0.1, -0.05) is 0 Å². The summed E-state index contributed by atoms with van der Waals surface area (Å²) in [5.41, 5.74) is 0. The maximum atomic E-state index is 12.0. The molecule has 6 heteroatoms. The first-order valence-corrected chi connectivity index (χ1v) is 6.40. The Morgan fingerprint density at radius 2 is 2.11 bits per heavy atom. The second-order valence-electron chi connectivity index (χ2n) is 4.98. The normalized spacial score (nSPS) is 32.5. The Kier molecular flexibility index (Phi) is 4.19. The van der Waals surface area contributed by atoms with Crippen molar-refractivity contribution in [1.82, 2.24) is 4.90 Å². The highest BCUT2D eigenvalue weighted by molar-refractivity contribution is 5.84. The molecule has 1 amide bonds. The number of likely N-dealkylation sites (tertiary alicyclic amines) is 1. The number of hydrogen-bond acceptors (Lipinski definition) is 4. The quantitative estimate of drug-likeness (QED) is 0.742. The summed E-state index contributed by atoms with van der Waals surface area (Å²) in [6.07, 6.45) is 2.41. The van der Waals surface area contributed by atoms with Gasteiger partial charge in [0.15, 0.2) is 0 Å². The number of aliphatic hydroxyl groups is 1. The molecule has 0 spiro atoms. The Balaban J connectivity index is 1.92. The van der Waals surface area contributed by atoms with Crippen molar-refractivity contribution in [2.45, 2.75) is 50.4 Å². The van der Waals surface area contributed by atoms with Crippen LogP contribution < -0.4 is 0 Å². The molecule has 102 valence electrons. The summed E-state index contributed by atoms with van der Waals surface area (Å²) in [6.45, 7) is 0.783. The lowest BCUT2D eigenvalue weighted by Crippen LogP contribution is -2.42. The van der Waals surface area contributed by atoms with Crippen molar-refractivity contribution in [3.8, 4) is 0 Å². The molecule has 6 nitrogen and oxygen atoms in total. The zero-order valence-electron chi connectivity index (χ0n) is 10.2. The van der Waals surface area contributed by atoms with Gasteiger partial charge < -0.3 is 19.8 Å². The van der Waals surface area contributed by atoms with E-state index < -0.39 is 18.1 Å². The van der Waals surface area contributed by atoms with Gasteiger partial charge in [-0.05, 0) is 19.3 Å². The van der Waals surface area contributed by atoms with Gasteiger partial charge in [0.25, 0.3) is 0 Å². The molecule has 0 saturated carbocycles. The predicted molar refractivity (Wildman–Crippen MR) is 62.0 cm³/mol. The summed E-state index contributed by atoms with van der Waals surface area (Å²) in [7, 11) is 0. The average Bonchev–Trinajstić information content (AvgIpc) is 2.73. The van der Waals surface area contributed by atoms with Crippen LogP contribution in [0.5, 0.6) is 0 Å². The number of amides is 1. The third-order valence-corrected chi connectivity index (χ3v) is 3.56. The van der Waals surface area contributed by atoms with Crippen molar-refractivity contribution >= 4 is 11.9 Å². The lowest BCUT2D eigenvalue weighted by molar-refractivity contribution is -0.149. The molecule has 0 aliphatic carbocycles. The number of ether oxygens (including phenoxy) is 1. The number of hydrogen-bond donors (Lipinski definition) is 2. The third kappa shape index (κ3) is 3.00. The van der Waals surface area contributed by atoms with Crippen molar-refractivity contribution in [2.24, 2.45) is 0 Å². The van der Waals surface area contributed by atoms with Crippen LogP contribution in [0.25, 0.3) is 0 Å². The Morgan fingerprint density at radius 1 is 1.33 bits per heavy atom. The van der Waals surface area contributed by atoms with Crippen LogP contribution in [0.1, 0.15) is 32.1 Å². The van der Waals surface area contributed by atoms with E-state index in [0.29, 0.717) is 6.61 Å². The Labute approximate surface area is 106 Å². The maximum Gasteiger partial charge on any atom is 0.326 e. The third-order valence-electron chi connectivity index (χ3n) is 3.56. The molecule has 2 heterocycles. The summed E-state index contributed by atoms with van der Waals surface area (Å²) in [5, 5.41) is 18.5. The van der Waals surface area contributed by atoms with Gasteiger partial charge in [-0.25, -0.2) is 4.79 Å². The van der Waals surface area contributed by atoms with Crippen molar-refractivity contribution in [3.63, 3.8) is 0 Å². The zero-order valence-corrected chi connectivity index (χ0v) is 10.2. The van der Waals surface area contributed by atoms with E-state index in [-0.39, 0.29) is 31.4 Å². The molecule has 2 aliphatic heterocycles. The van der Waals surface area contributed by atoms with Crippen LogP contribution >= 0.6 is 0 Å². The SMILES string of the molecule is O=C(O)[C@@H]1C[C@@H](O)CN1C(=O)CC1CCCCO1. The number of carbonyl (C=O) groups excluding carboxylic acids is 1. The first kappa shape index (κ1) is 13.3. The number of carbonyl (C=O) groups is 2. The highest BCUT2D eigenvalue weighted by Crippen LogP contribution is 2.22. The highest BCUT2D eigenvalue weighted by atomic mass is 16.5. The molecule has 2 fully saturated rings. The van der Waals surface area contributed by atoms with Crippen LogP contribution in [0.2, 0.25) is 0 Å². The zero-order chi connectivity index (χ0) is 13.1. The molecule has 2 N–H and O–H groups in total. The van der Waals surface area contributed by atoms with Gasteiger partial charge in [-0.3, -0.25) is 4.79 Å². The van der Waals surface area contributed by atoms with Crippen molar-refractivity contribution < 1.29 is 24.5 Å². The van der Waals surface area contributed by atoms with Crippen molar-refractivity contribution in [2.75, 3.05) is 13.2 Å². The summed E-state index contributed by atoms with van der Waals surface area (Å²) in [6, 6.07) is -0.893. The van der Waals surface area contributed by atoms with Crippen LogP contribution in [0.3, 0.4) is 0 Å². The van der Waals surface area contributed by atoms with E-state index in [1.54, 1.807) is 0 Å². The minimum atomic E-state index is -1.05. The second kappa shape index (κ2) is 5.67. The predicted octanol–water partition coefficient (Wildman–Crippen LogP) is -0.00800. The average molecular weight is 257 g/mol. The minimum absolute atomic E-state index is 0.0987. The Hall–Kier alpha value is -1.14. The Morgan fingerprint density at radius 3 is 2.72 bits per heavy atom. The van der Waals surface area contributed by atoms with E-state index in [2.05, 4.69) is 0 Å². The largest absolute Gasteiger partial charge is 0.480 e. The molecule has 18 heavy (non-hydrogen) atoms. The number of aliphatic carboxylic acids is 1. The fraction of sp³-hybridized carbons (Fsp3) is 0.833. The number of aliphatic hydroxyl groups excluding tert-OH is 1. The second-order valence-corrected chi connectivity index (χ2v) is 4.98. The van der Waals surface area contributed by atoms with E-state index in [4.69, 9.17) is 9.84 Å². The number of carboxylic acid groups (broad SMARTS) is 1. The van der Waals surface area contributed by atoms with Crippen LogP contribution in [-0.2, 0) is 14.3 Å². The fourth-order valence-corrected chi connectivity index (χ4v) is 2.60. The first-order valence-electron chi connectivity index (χ1n) is 6.40. The molecule has 3 atom stereocenters. The molecule has 2 rings (SSSR count). The summed E-state index contributed by atoms with van der Waals surface area (Å²) >= 11 is 0. The first-order chi connectivity index (χ1) is 8.58. The molecular weight excluding hydrogens is 238 g/mol. The number of rotatable bonds is 3. The summed E-state index contributed by atoms with van der Waals surface area (Å²) in [5.74, 6) is -1.28. The maximum absolute atomic E-state index is 12.0. The van der Waals surface area contributed by atoms with E-state index in [1.165, 1.54) is 4.90 Å². The molecule has 0 radical (unpaired) electrons. The lowest BCUT2D eigenvalue weighted by Gasteiger charge is -2.26. The van der Waals surface area contributed by atoms with E-state index in [0.717, 1.165) is 19.3 Å². The Bertz CT molecular complexity index is 326. The molecule has 2 saturated heterocycles. The molecular formula is C12H19NO5. The summed E-state index contributed by atoms with van der Waals surface area (Å²) < 4.78 is 5.47. The van der Waals surface area contributed by atoms with E-state index >= 15 is 0 Å². The minimum Gasteiger partial charge on any atom is -0.480 e. The van der Waals surface area contributed by atoms with Crippen LogP contribution in [-0.4, -0.2) is 58.4 Å². The molecule has 0 aromatic heterocycles. The van der Waals surface area contributed by atoms with Gasteiger partial charge in [-0.2, -0.15) is 0 Å². The van der Waals surface area contributed by atoms with Gasteiger partial charge in [0, 0.05) is 19.6 Å². The smallest absolute Gasteiger partial charge is 0.326 e. The van der Waals surface area contributed by atoms with Gasteiger partial charge in [0.05, 0.1) is 18.6 Å². The molecule has 2 aliphatic rings. The van der Waals surface area contributed by atoms with Crippen LogP contribution in [0, 0.1) is 0 Å². The van der Waals surface area contributed by atoms with Gasteiger partial charge in [-0.15, -0.1) is 0 Å². The molecule has 0 aromatic rings. The topological polar surface area (TPSA) is 87.1 Å². The van der Waals surface area contributed by atoms with E-state index in [1.807, 2.05) is 0 Å². The highest BCUT2D eigenvalue weighted by Gasteiger charge is 2.39. The number of carboxylic acids is 1. The van der Waals surface area contributed by atoms with Crippen molar-refractivity contribution in [3.05, 3.63) is 0 Å². The standard InChI is InChI=1S/C12H19NO5/c14-8-5-10(12(16)17)13(7-8)11(15)6-9-3-1-2-4-18-9/h8-10,14H,1-7H2,(H,16,17)/t8-,9?,10+/m1/s1. The van der Waals surface area contributed by atoms with Gasteiger partial charge in [0.1, 0.15) is 6.04 Å². The summed E-state index contributed by atoms with van der Waals surface area (Å²) in [4.78, 5) is 24.3. The van der Waals surface area contributed by atoms with Crippen LogP contribution in [0.4, 0.5) is 0 Å². The lowest BCUT2D eigenvalue weighted by atomic mass is 10.1.